The van der Waals surface area contributed by atoms with Crippen molar-refractivity contribution < 1.29 is 31.1 Å². The summed E-state index contributed by atoms with van der Waals surface area (Å²) in [7, 11) is 0. The lowest BCUT2D eigenvalue weighted by molar-refractivity contribution is -0.143. The Morgan fingerprint density at radius 3 is 2.09 bits per heavy atom. The summed E-state index contributed by atoms with van der Waals surface area (Å²) in [5.41, 5.74) is 0.00877. The molecule has 1 amide bonds. The van der Waals surface area contributed by atoms with E-state index in [0.29, 0.717) is 31.3 Å². The fourth-order valence-electron chi connectivity index (χ4n) is 7.95. The maximum Gasteiger partial charge on any atom is 0.416 e. The van der Waals surface area contributed by atoms with Gasteiger partial charge in [-0.05, 0) is 87.4 Å². The molecule has 4 nitrogen and oxygen atoms in total. The molecular weight excluding hydrogens is 604 g/mol. The first-order chi connectivity index (χ1) is 21.7. The molecule has 0 unspecified atom stereocenters. The van der Waals surface area contributed by atoms with Crippen molar-refractivity contribution in [1.82, 2.24) is 14.7 Å². The van der Waals surface area contributed by atoms with Gasteiger partial charge >= 0.3 is 12.4 Å². The van der Waals surface area contributed by atoms with Gasteiger partial charge in [-0.15, -0.1) is 0 Å². The number of nitrogens with zero attached hydrogens (tertiary/aromatic N) is 3. The molecule has 2 aromatic rings. The first-order valence-electron chi connectivity index (χ1n) is 16.8. The Labute approximate surface area is 269 Å². The molecule has 5 rings (SSSR count). The van der Waals surface area contributed by atoms with Gasteiger partial charge in [0.05, 0.1) is 17.5 Å². The van der Waals surface area contributed by atoms with Gasteiger partial charge in [-0.2, -0.15) is 26.3 Å². The molecule has 0 aromatic heterocycles. The molecule has 46 heavy (non-hydrogen) atoms. The predicted octanol–water partition coefficient (Wildman–Crippen LogP) is 8.17. The van der Waals surface area contributed by atoms with Gasteiger partial charge in [0.25, 0.3) is 0 Å². The molecule has 2 saturated heterocycles. The molecule has 2 aliphatic heterocycles. The van der Waals surface area contributed by atoms with E-state index in [9.17, 15) is 31.1 Å². The summed E-state index contributed by atoms with van der Waals surface area (Å²) in [5, 5.41) is 0. The van der Waals surface area contributed by atoms with Crippen molar-refractivity contribution in [3.05, 3.63) is 69.8 Å². The van der Waals surface area contributed by atoms with E-state index in [1.54, 1.807) is 4.90 Å². The summed E-state index contributed by atoms with van der Waals surface area (Å²) in [6.45, 7) is 9.93. The Morgan fingerprint density at radius 1 is 0.804 bits per heavy atom. The highest BCUT2D eigenvalue weighted by atomic mass is 19.4. The van der Waals surface area contributed by atoms with E-state index < -0.39 is 35.8 Å². The van der Waals surface area contributed by atoms with Crippen LogP contribution in [-0.4, -0.2) is 72.5 Å². The van der Waals surface area contributed by atoms with Crippen LogP contribution in [-0.2, 0) is 29.0 Å². The molecule has 0 spiro atoms. The van der Waals surface area contributed by atoms with Crippen LogP contribution < -0.4 is 0 Å². The van der Waals surface area contributed by atoms with Crippen LogP contribution in [0.15, 0.2) is 36.4 Å². The summed E-state index contributed by atoms with van der Waals surface area (Å²) >= 11 is 0. The standard InChI is InChI=1S/C36H47F6N3O/c1-26-10-11-27(2)32(20-26)34(13-15-43-16-18-44(19-17-43)31-8-4-3-5-9-31)12-6-7-14-45(25-34)33(46)23-28-21-29(35(37,38)39)24-30(22-28)36(40,41)42/h10-11,20-22,24,31H,3-9,12-19,23,25H2,1-2H3/t34-/m1/s1. The summed E-state index contributed by atoms with van der Waals surface area (Å²) in [5.74, 6) is -0.440. The number of amides is 1. The Balaban J connectivity index is 1.36. The van der Waals surface area contributed by atoms with Crippen molar-refractivity contribution in [2.24, 2.45) is 0 Å². The molecule has 0 bridgehead atoms. The minimum absolute atomic E-state index is 0.112. The molecule has 1 aliphatic carbocycles. The highest BCUT2D eigenvalue weighted by Crippen LogP contribution is 2.40. The van der Waals surface area contributed by atoms with Gasteiger partial charge in [-0.1, -0.05) is 49.4 Å². The third-order valence-corrected chi connectivity index (χ3v) is 10.6. The minimum Gasteiger partial charge on any atom is -0.342 e. The molecule has 1 atom stereocenters. The van der Waals surface area contributed by atoms with Gasteiger partial charge in [0, 0.05) is 50.7 Å². The Bertz CT molecular complexity index is 1310. The SMILES string of the molecule is Cc1ccc(C)c([C@@]2(CCN3CCN(C4CCCCC4)CC3)CCCCN(C(=O)Cc3cc(C(F)(F)F)cc(C(F)(F)F)c3)C2)c1. The summed E-state index contributed by atoms with van der Waals surface area (Å²) in [6.07, 6.45) is -0.576. The maximum atomic E-state index is 13.8. The maximum absolute atomic E-state index is 13.8. The molecular formula is C36H47F6N3O. The lowest BCUT2D eigenvalue weighted by Crippen LogP contribution is -2.52. The van der Waals surface area contributed by atoms with Crippen LogP contribution in [0.3, 0.4) is 0 Å². The van der Waals surface area contributed by atoms with Crippen molar-refractivity contribution in [2.75, 3.05) is 45.8 Å². The molecule has 10 heteroatoms. The average Bonchev–Trinajstić information content (AvgIpc) is 3.25. The summed E-state index contributed by atoms with van der Waals surface area (Å²) < 4.78 is 81.2. The Hall–Kier alpha value is -2.59. The van der Waals surface area contributed by atoms with Crippen molar-refractivity contribution in [2.45, 2.75) is 102 Å². The van der Waals surface area contributed by atoms with Crippen LogP contribution >= 0.6 is 0 Å². The number of hydrogen-bond donors (Lipinski definition) is 0. The molecule has 1 saturated carbocycles. The number of rotatable bonds is 7. The molecule has 0 radical (unpaired) electrons. The van der Waals surface area contributed by atoms with Gasteiger partial charge in [-0.3, -0.25) is 9.69 Å². The van der Waals surface area contributed by atoms with Gasteiger partial charge < -0.3 is 9.80 Å². The number of benzene rings is 2. The second-order valence-corrected chi connectivity index (χ2v) is 13.9. The quantitative estimate of drug-likeness (QED) is 0.283. The van der Waals surface area contributed by atoms with Gasteiger partial charge in [0.15, 0.2) is 0 Å². The zero-order chi connectivity index (χ0) is 33.1. The van der Waals surface area contributed by atoms with Crippen molar-refractivity contribution in [1.29, 1.82) is 0 Å². The van der Waals surface area contributed by atoms with E-state index in [0.717, 1.165) is 69.5 Å². The van der Waals surface area contributed by atoms with Gasteiger partial charge in [0.1, 0.15) is 0 Å². The molecule has 3 fully saturated rings. The van der Waals surface area contributed by atoms with E-state index in [2.05, 4.69) is 34.9 Å². The van der Waals surface area contributed by atoms with E-state index in [-0.39, 0.29) is 17.0 Å². The normalized spacial score (nSPS) is 23.0. The number of halogens is 6. The van der Waals surface area contributed by atoms with Gasteiger partial charge in [-0.25, -0.2) is 0 Å². The molecule has 254 valence electrons. The van der Waals surface area contributed by atoms with Crippen molar-refractivity contribution >= 4 is 5.91 Å². The number of likely N-dealkylation sites (tertiary alicyclic amines) is 1. The molecule has 2 heterocycles. The van der Waals surface area contributed by atoms with Crippen LogP contribution in [0.4, 0.5) is 26.3 Å². The van der Waals surface area contributed by atoms with Gasteiger partial charge in [0.2, 0.25) is 5.91 Å². The second-order valence-electron chi connectivity index (χ2n) is 13.9. The fourth-order valence-corrected chi connectivity index (χ4v) is 7.95. The van der Waals surface area contributed by atoms with Crippen LogP contribution in [0.25, 0.3) is 0 Å². The van der Waals surface area contributed by atoms with E-state index in [4.69, 9.17) is 0 Å². The van der Waals surface area contributed by atoms with Crippen LogP contribution in [0, 0.1) is 13.8 Å². The number of alkyl halides is 6. The highest BCUT2D eigenvalue weighted by Gasteiger charge is 2.40. The largest absolute Gasteiger partial charge is 0.416 e. The average molecular weight is 652 g/mol. The molecule has 0 N–H and O–H groups in total. The smallest absolute Gasteiger partial charge is 0.342 e. The third-order valence-electron chi connectivity index (χ3n) is 10.6. The van der Waals surface area contributed by atoms with E-state index in [1.807, 2.05) is 6.92 Å². The van der Waals surface area contributed by atoms with Crippen LogP contribution in [0.5, 0.6) is 0 Å². The van der Waals surface area contributed by atoms with Crippen LogP contribution in [0.1, 0.15) is 91.2 Å². The Kier molecular flexibility index (Phi) is 10.8. The minimum atomic E-state index is -4.96. The second kappa shape index (κ2) is 14.3. The number of aryl methyl sites for hydroxylation is 2. The van der Waals surface area contributed by atoms with Crippen molar-refractivity contribution in [3.8, 4) is 0 Å². The highest BCUT2D eigenvalue weighted by molar-refractivity contribution is 5.79. The summed E-state index contributed by atoms with van der Waals surface area (Å²) in [4.78, 5) is 20.6. The number of piperazine rings is 1. The zero-order valence-electron chi connectivity index (χ0n) is 27.1. The Morgan fingerprint density at radius 2 is 1.46 bits per heavy atom. The lowest BCUT2D eigenvalue weighted by atomic mass is 9.71. The predicted molar refractivity (Wildman–Crippen MR) is 168 cm³/mol. The van der Waals surface area contributed by atoms with E-state index >= 15 is 0 Å². The zero-order valence-corrected chi connectivity index (χ0v) is 27.1. The number of carbonyl (C=O) groups is 1. The number of carbonyl (C=O) groups excluding carboxylic acids is 1. The fraction of sp³-hybridized carbons (Fsp3) is 0.639. The lowest BCUT2D eigenvalue weighted by Gasteiger charge is -2.43. The molecule has 3 aliphatic rings. The monoisotopic (exact) mass is 651 g/mol. The third kappa shape index (κ3) is 8.46. The van der Waals surface area contributed by atoms with E-state index in [1.165, 1.54) is 37.7 Å². The summed E-state index contributed by atoms with van der Waals surface area (Å²) in [6, 6.07) is 8.54. The van der Waals surface area contributed by atoms with Crippen LogP contribution in [0.2, 0.25) is 0 Å². The first kappa shape index (κ1) is 34.7. The van der Waals surface area contributed by atoms with Crippen molar-refractivity contribution in [3.63, 3.8) is 0 Å². The molecule has 2 aromatic carbocycles. The topological polar surface area (TPSA) is 26.8 Å². The number of hydrogen-bond acceptors (Lipinski definition) is 3. The first-order valence-corrected chi connectivity index (χ1v) is 16.8.